The highest BCUT2D eigenvalue weighted by Gasteiger charge is 2.24. The Labute approximate surface area is 173 Å². The Balaban J connectivity index is 1.64. The summed E-state index contributed by atoms with van der Waals surface area (Å²) in [7, 11) is -4.11. The van der Waals surface area contributed by atoms with Gasteiger partial charge in [0.2, 0.25) is 0 Å². The number of nitrogens with zero attached hydrogens (tertiary/aromatic N) is 3. The van der Waals surface area contributed by atoms with Gasteiger partial charge in [-0.2, -0.15) is 13.9 Å². The van der Waals surface area contributed by atoms with Crippen LogP contribution in [0.15, 0.2) is 53.6 Å². The minimum Gasteiger partial charge on any atom is -0.279 e. The van der Waals surface area contributed by atoms with Crippen molar-refractivity contribution < 1.29 is 17.2 Å². The molecule has 29 heavy (non-hydrogen) atoms. The number of nitrogens with one attached hydrogen (secondary N) is 1. The molecule has 2 heterocycles. The van der Waals surface area contributed by atoms with Crippen molar-refractivity contribution in [3.63, 3.8) is 0 Å². The Morgan fingerprint density at radius 1 is 1.21 bits per heavy atom. The van der Waals surface area contributed by atoms with E-state index in [9.17, 15) is 17.2 Å². The lowest BCUT2D eigenvalue weighted by Gasteiger charge is -2.10. The van der Waals surface area contributed by atoms with Crippen molar-refractivity contribution in [1.82, 2.24) is 14.8 Å². The monoisotopic (exact) mass is 454 g/mol. The van der Waals surface area contributed by atoms with Gasteiger partial charge >= 0.3 is 6.55 Å². The second-order valence-electron chi connectivity index (χ2n) is 6.10. The number of benzene rings is 2. The van der Waals surface area contributed by atoms with E-state index in [1.807, 2.05) is 24.3 Å². The van der Waals surface area contributed by atoms with E-state index >= 15 is 0 Å². The molecule has 2 aromatic carbocycles. The van der Waals surface area contributed by atoms with Gasteiger partial charge in [0.1, 0.15) is 9.90 Å². The van der Waals surface area contributed by atoms with Gasteiger partial charge in [0.25, 0.3) is 10.0 Å². The predicted octanol–water partition coefficient (Wildman–Crippen LogP) is 5.32. The Hall–Kier alpha value is -2.56. The summed E-state index contributed by atoms with van der Waals surface area (Å²) in [6, 6.07) is 12.3. The summed E-state index contributed by atoms with van der Waals surface area (Å²) >= 11 is 7.83. The quantitative estimate of drug-likeness (QED) is 0.443. The number of halogens is 3. The van der Waals surface area contributed by atoms with E-state index in [1.54, 1.807) is 6.07 Å². The molecule has 0 spiro atoms. The average molecular weight is 455 g/mol. The molecule has 2 aromatic heterocycles. The Kier molecular flexibility index (Phi) is 5.01. The van der Waals surface area contributed by atoms with E-state index in [1.165, 1.54) is 30.4 Å². The smallest absolute Gasteiger partial charge is 0.279 e. The van der Waals surface area contributed by atoms with Crippen LogP contribution in [0.5, 0.6) is 0 Å². The second-order valence-corrected chi connectivity index (χ2v) is 9.19. The summed E-state index contributed by atoms with van der Waals surface area (Å²) < 4.78 is 54.6. The van der Waals surface area contributed by atoms with E-state index in [-0.39, 0.29) is 16.3 Å². The number of fused-ring (bicyclic) bond motifs is 1. The van der Waals surface area contributed by atoms with E-state index in [4.69, 9.17) is 11.6 Å². The third-order valence-corrected chi connectivity index (χ3v) is 7.09. The minimum absolute atomic E-state index is 0.162. The summed E-state index contributed by atoms with van der Waals surface area (Å²) in [5.74, 6) is 0. The molecule has 4 rings (SSSR count). The highest BCUT2D eigenvalue weighted by Crippen LogP contribution is 2.36. The number of hydrogen-bond donors (Lipinski definition) is 1. The lowest BCUT2D eigenvalue weighted by atomic mass is 10.2. The fourth-order valence-electron chi connectivity index (χ4n) is 2.82. The molecule has 0 saturated carbocycles. The van der Waals surface area contributed by atoms with Gasteiger partial charge in [-0.05, 0) is 37.3 Å². The highest BCUT2D eigenvalue weighted by atomic mass is 35.5. The van der Waals surface area contributed by atoms with Crippen LogP contribution in [0.25, 0.3) is 20.8 Å². The first-order chi connectivity index (χ1) is 13.8. The Morgan fingerprint density at radius 2 is 1.97 bits per heavy atom. The van der Waals surface area contributed by atoms with Gasteiger partial charge in [-0.3, -0.25) is 4.72 Å². The number of rotatable bonds is 5. The fourth-order valence-corrected chi connectivity index (χ4v) is 5.36. The largest absolute Gasteiger partial charge is 0.333 e. The molecule has 1 N–H and O–H groups in total. The van der Waals surface area contributed by atoms with Gasteiger partial charge in [0, 0.05) is 5.56 Å². The lowest BCUT2D eigenvalue weighted by Crippen LogP contribution is -2.14. The summed E-state index contributed by atoms with van der Waals surface area (Å²) in [6.45, 7) is -1.67. The van der Waals surface area contributed by atoms with E-state index < -0.39 is 16.6 Å². The molecule has 0 fully saturated rings. The first kappa shape index (κ1) is 19.7. The molecule has 0 atom stereocenters. The number of anilines is 1. The van der Waals surface area contributed by atoms with Crippen molar-refractivity contribution in [3.8, 4) is 10.6 Å². The van der Waals surface area contributed by atoms with Crippen molar-refractivity contribution in [2.75, 3.05) is 4.72 Å². The SMILES string of the molecule is Cc1c(S(=O)(=O)Nc2ccc(-c3nc4ccccc4s3)c(Cl)c2)cnn1C(F)F. The molecule has 4 aromatic rings. The molecular weight excluding hydrogens is 442 g/mol. The van der Waals surface area contributed by atoms with Gasteiger partial charge in [-0.15, -0.1) is 11.3 Å². The standard InChI is InChI=1S/C18H13ClF2N4O2S2/c1-10-16(9-22-25(10)18(20)21)29(26,27)24-11-6-7-12(13(19)8-11)17-23-14-4-2-3-5-15(14)28-17/h2-9,18,24H,1H3. The van der Waals surface area contributed by atoms with Crippen LogP contribution in [0.3, 0.4) is 0 Å². The second kappa shape index (κ2) is 7.36. The van der Waals surface area contributed by atoms with Crippen LogP contribution in [0.4, 0.5) is 14.5 Å². The first-order valence-electron chi connectivity index (χ1n) is 8.27. The van der Waals surface area contributed by atoms with Gasteiger partial charge in [-0.1, -0.05) is 23.7 Å². The van der Waals surface area contributed by atoms with Gasteiger partial charge in [-0.25, -0.2) is 18.1 Å². The average Bonchev–Trinajstić information content (AvgIpc) is 3.25. The van der Waals surface area contributed by atoms with Crippen LogP contribution < -0.4 is 4.72 Å². The molecular formula is C18H13ClF2N4O2S2. The maximum Gasteiger partial charge on any atom is 0.333 e. The van der Waals surface area contributed by atoms with Gasteiger partial charge < -0.3 is 0 Å². The lowest BCUT2D eigenvalue weighted by molar-refractivity contribution is 0.0541. The fraction of sp³-hybridized carbons (Fsp3) is 0.111. The first-order valence-corrected chi connectivity index (χ1v) is 10.9. The van der Waals surface area contributed by atoms with Crippen molar-refractivity contribution in [2.24, 2.45) is 0 Å². The normalized spacial score (nSPS) is 12.0. The highest BCUT2D eigenvalue weighted by molar-refractivity contribution is 7.92. The van der Waals surface area contributed by atoms with Gasteiger partial charge in [0.15, 0.2) is 0 Å². The van der Waals surface area contributed by atoms with Crippen LogP contribution in [-0.2, 0) is 10.0 Å². The predicted molar refractivity (Wildman–Crippen MR) is 109 cm³/mol. The summed E-state index contributed by atoms with van der Waals surface area (Å²) in [5, 5.41) is 4.45. The number of sulfonamides is 1. The van der Waals surface area contributed by atoms with E-state index in [2.05, 4.69) is 14.8 Å². The maximum absolute atomic E-state index is 12.9. The molecule has 0 bridgehead atoms. The number of para-hydroxylation sites is 1. The third-order valence-electron chi connectivity index (χ3n) is 4.22. The molecule has 0 aliphatic rings. The molecule has 0 aliphatic heterocycles. The molecule has 0 unspecified atom stereocenters. The number of thiazole rings is 1. The third kappa shape index (κ3) is 3.70. The number of aromatic nitrogens is 3. The van der Waals surface area contributed by atoms with Crippen LogP contribution in [0.2, 0.25) is 5.02 Å². The Bertz CT molecular complexity index is 1290. The van der Waals surface area contributed by atoms with Crippen LogP contribution in [0.1, 0.15) is 12.2 Å². The van der Waals surface area contributed by atoms with Crippen molar-refractivity contribution >= 4 is 48.9 Å². The van der Waals surface area contributed by atoms with E-state index in [0.29, 0.717) is 20.3 Å². The molecule has 0 radical (unpaired) electrons. The topological polar surface area (TPSA) is 76.9 Å². The zero-order valence-electron chi connectivity index (χ0n) is 14.8. The number of hydrogen-bond acceptors (Lipinski definition) is 5. The van der Waals surface area contributed by atoms with Crippen molar-refractivity contribution in [2.45, 2.75) is 18.4 Å². The van der Waals surface area contributed by atoms with E-state index in [0.717, 1.165) is 16.4 Å². The number of alkyl halides is 2. The summed E-state index contributed by atoms with van der Waals surface area (Å²) in [5.41, 5.74) is 1.55. The van der Waals surface area contributed by atoms with Crippen molar-refractivity contribution in [1.29, 1.82) is 0 Å². The van der Waals surface area contributed by atoms with Crippen LogP contribution >= 0.6 is 22.9 Å². The molecule has 0 aliphatic carbocycles. The zero-order chi connectivity index (χ0) is 20.8. The molecule has 11 heteroatoms. The summed E-state index contributed by atoms with van der Waals surface area (Å²) in [4.78, 5) is 4.21. The Morgan fingerprint density at radius 3 is 2.62 bits per heavy atom. The molecule has 0 amide bonds. The zero-order valence-corrected chi connectivity index (χ0v) is 17.2. The molecule has 0 saturated heterocycles. The van der Waals surface area contributed by atoms with Crippen molar-refractivity contribution in [3.05, 3.63) is 59.4 Å². The summed E-state index contributed by atoms with van der Waals surface area (Å²) in [6.07, 6.45) is 0.890. The van der Waals surface area contributed by atoms with Gasteiger partial charge in [0.05, 0.1) is 32.8 Å². The molecule has 6 nitrogen and oxygen atoms in total. The maximum atomic E-state index is 12.9. The molecule has 150 valence electrons. The minimum atomic E-state index is -4.11. The van der Waals surface area contributed by atoms with Crippen LogP contribution in [0, 0.1) is 6.92 Å². The van der Waals surface area contributed by atoms with Crippen LogP contribution in [-0.4, -0.2) is 23.2 Å².